The Labute approximate surface area is 244 Å². The van der Waals surface area contributed by atoms with Crippen molar-refractivity contribution in [2.45, 2.75) is 44.5 Å². The summed E-state index contributed by atoms with van der Waals surface area (Å²) < 4.78 is 42.4. The van der Waals surface area contributed by atoms with Crippen molar-refractivity contribution in [1.29, 1.82) is 0 Å². The second-order valence-corrected chi connectivity index (χ2v) is 10.3. The fraction of sp³-hybridized carbons (Fsp3) is 0.233. The summed E-state index contributed by atoms with van der Waals surface area (Å²) >= 11 is 6.23. The van der Waals surface area contributed by atoms with Gasteiger partial charge in [-0.05, 0) is 73.0 Å². The van der Waals surface area contributed by atoms with E-state index in [1.165, 1.54) is 35.0 Å². The zero-order valence-electron chi connectivity index (χ0n) is 22.1. The number of carbonyl (C=O) groups is 2. The number of carbonyl (C=O) groups excluding carboxylic acids is 2. The van der Waals surface area contributed by atoms with E-state index in [4.69, 9.17) is 11.6 Å². The first-order valence-corrected chi connectivity index (χ1v) is 13.6. The number of ether oxygens (including phenoxy) is 1. The SMILES string of the molecule is O=C(Nc1ccc(O)c(-c2cc(C3CCCC3)n(C(=O)NCc3ccccc3Cl)n2)c1)c1ccc(OC(F)(F)F)cc1. The number of rotatable bonds is 7. The number of hydrogen-bond acceptors (Lipinski definition) is 5. The molecular formula is C30H26ClF3N4O4. The lowest BCUT2D eigenvalue weighted by molar-refractivity contribution is -0.274. The van der Waals surface area contributed by atoms with E-state index in [1.807, 2.05) is 12.1 Å². The van der Waals surface area contributed by atoms with Crippen LogP contribution in [-0.2, 0) is 6.54 Å². The minimum atomic E-state index is -4.84. The van der Waals surface area contributed by atoms with Crippen LogP contribution in [0.1, 0.15) is 53.2 Å². The van der Waals surface area contributed by atoms with Crippen molar-refractivity contribution < 1.29 is 32.6 Å². The standard InChI is InChI=1S/C30H26ClF3N4O4/c31-24-8-4-3-7-20(24)17-35-29(41)38-26(18-5-1-2-6-18)16-25(37-38)23-15-21(11-14-27(23)39)36-28(40)19-9-12-22(13-10-19)42-30(32,33)34/h3-4,7-16,18,39H,1-2,5-6,17H2,(H,35,41)(H,36,40). The number of benzene rings is 3. The molecule has 4 aromatic rings. The van der Waals surface area contributed by atoms with Crippen LogP contribution in [0.4, 0.5) is 23.7 Å². The highest BCUT2D eigenvalue weighted by Gasteiger charge is 2.31. The predicted octanol–water partition coefficient (Wildman–Crippen LogP) is 7.48. The molecule has 1 aliphatic rings. The fourth-order valence-electron chi connectivity index (χ4n) is 4.92. The Morgan fingerprint density at radius 2 is 1.74 bits per heavy atom. The van der Waals surface area contributed by atoms with Crippen LogP contribution < -0.4 is 15.4 Å². The summed E-state index contributed by atoms with van der Waals surface area (Å²) in [4.78, 5) is 26.0. The Morgan fingerprint density at radius 1 is 1.02 bits per heavy atom. The molecule has 3 aromatic carbocycles. The molecule has 0 spiro atoms. The number of nitrogens with one attached hydrogen (secondary N) is 2. The molecule has 3 N–H and O–H groups in total. The molecule has 1 saturated carbocycles. The topological polar surface area (TPSA) is 105 Å². The Balaban J connectivity index is 1.37. The Hall–Kier alpha value is -4.51. The number of phenolic OH excluding ortho intramolecular Hbond substituents is 1. The third kappa shape index (κ3) is 6.85. The van der Waals surface area contributed by atoms with Crippen LogP contribution >= 0.6 is 11.6 Å². The average molecular weight is 599 g/mol. The van der Waals surface area contributed by atoms with E-state index in [1.54, 1.807) is 18.2 Å². The molecule has 0 radical (unpaired) electrons. The van der Waals surface area contributed by atoms with Gasteiger partial charge in [-0.15, -0.1) is 13.2 Å². The highest BCUT2D eigenvalue weighted by atomic mass is 35.5. The number of amides is 2. The van der Waals surface area contributed by atoms with Crippen molar-refractivity contribution in [2.24, 2.45) is 0 Å². The van der Waals surface area contributed by atoms with Gasteiger partial charge >= 0.3 is 12.4 Å². The number of aromatic nitrogens is 2. The molecule has 1 fully saturated rings. The molecule has 1 aromatic heterocycles. The number of halogens is 4. The molecule has 0 bridgehead atoms. The smallest absolute Gasteiger partial charge is 0.507 e. The van der Waals surface area contributed by atoms with Crippen molar-refractivity contribution in [3.63, 3.8) is 0 Å². The lowest BCUT2D eigenvalue weighted by Gasteiger charge is -2.12. The van der Waals surface area contributed by atoms with Crippen LogP contribution in [-0.4, -0.2) is 33.2 Å². The van der Waals surface area contributed by atoms with Crippen molar-refractivity contribution in [2.75, 3.05) is 5.32 Å². The molecule has 0 aliphatic heterocycles. The van der Waals surface area contributed by atoms with Crippen LogP contribution in [0.2, 0.25) is 5.02 Å². The molecule has 0 saturated heterocycles. The minimum absolute atomic E-state index is 0.0992. The van der Waals surface area contributed by atoms with E-state index in [0.29, 0.717) is 27.7 Å². The molecule has 8 nitrogen and oxygen atoms in total. The normalized spacial score (nSPS) is 13.6. The Morgan fingerprint density at radius 3 is 2.43 bits per heavy atom. The molecule has 1 aliphatic carbocycles. The minimum Gasteiger partial charge on any atom is -0.507 e. The third-order valence-corrected chi connectivity index (χ3v) is 7.34. The molecule has 12 heteroatoms. The summed E-state index contributed by atoms with van der Waals surface area (Å²) in [6.45, 7) is 0.202. The summed E-state index contributed by atoms with van der Waals surface area (Å²) in [5.74, 6) is -1.02. The summed E-state index contributed by atoms with van der Waals surface area (Å²) in [6.07, 6.45) is -0.978. The monoisotopic (exact) mass is 598 g/mol. The van der Waals surface area contributed by atoms with Crippen LogP contribution in [0.5, 0.6) is 11.5 Å². The fourth-order valence-corrected chi connectivity index (χ4v) is 5.12. The Kier molecular flexibility index (Phi) is 8.39. The lowest BCUT2D eigenvalue weighted by Crippen LogP contribution is -2.30. The molecule has 0 unspecified atom stereocenters. The second kappa shape index (κ2) is 12.2. The van der Waals surface area contributed by atoms with Gasteiger partial charge in [-0.3, -0.25) is 4.79 Å². The molecule has 218 valence electrons. The van der Waals surface area contributed by atoms with Gasteiger partial charge in [-0.1, -0.05) is 42.6 Å². The predicted molar refractivity (Wildman–Crippen MR) is 151 cm³/mol. The van der Waals surface area contributed by atoms with Crippen molar-refractivity contribution >= 4 is 29.2 Å². The highest BCUT2D eigenvalue weighted by Crippen LogP contribution is 2.38. The molecule has 2 amide bonds. The van der Waals surface area contributed by atoms with Gasteiger partial charge in [0.2, 0.25) is 0 Å². The third-order valence-electron chi connectivity index (χ3n) is 6.97. The van der Waals surface area contributed by atoms with E-state index in [9.17, 15) is 27.9 Å². The first-order chi connectivity index (χ1) is 20.1. The van der Waals surface area contributed by atoms with Crippen LogP contribution in [0.25, 0.3) is 11.3 Å². The van der Waals surface area contributed by atoms with Gasteiger partial charge in [0.15, 0.2) is 0 Å². The van der Waals surface area contributed by atoms with Gasteiger partial charge < -0.3 is 20.5 Å². The number of aromatic hydroxyl groups is 1. The van der Waals surface area contributed by atoms with Gasteiger partial charge in [-0.2, -0.15) is 9.78 Å². The van der Waals surface area contributed by atoms with Gasteiger partial charge in [-0.25, -0.2) is 4.79 Å². The van der Waals surface area contributed by atoms with Gasteiger partial charge in [0, 0.05) is 34.3 Å². The summed E-state index contributed by atoms with van der Waals surface area (Å²) in [7, 11) is 0. The van der Waals surface area contributed by atoms with Gasteiger partial charge in [0.05, 0.1) is 11.4 Å². The highest BCUT2D eigenvalue weighted by molar-refractivity contribution is 6.31. The number of nitrogens with zero attached hydrogens (tertiary/aromatic N) is 2. The van der Waals surface area contributed by atoms with E-state index in [0.717, 1.165) is 43.4 Å². The molecule has 1 heterocycles. The molecule has 5 rings (SSSR count). The zero-order valence-corrected chi connectivity index (χ0v) is 22.9. The number of hydrogen-bond donors (Lipinski definition) is 3. The number of phenols is 1. The van der Waals surface area contributed by atoms with Crippen molar-refractivity contribution in [1.82, 2.24) is 15.1 Å². The van der Waals surface area contributed by atoms with E-state index in [-0.39, 0.29) is 23.8 Å². The van der Waals surface area contributed by atoms with Gasteiger partial charge in [0.25, 0.3) is 5.91 Å². The lowest BCUT2D eigenvalue weighted by atomic mass is 10.0. The second-order valence-electron chi connectivity index (χ2n) is 9.86. The molecule has 0 atom stereocenters. The molecule has 42 heavy (non-hydrogen) atoms. The maximum Gasteiger partial charge on any atom is 0.573 e. The number of alkyl halides is 3. The van der Waals surface area contributed by atoms with Crippen molar-refractivity contribution in [3.8, 4) is 22.8 Å². The summed E-state index contributed by atoms with van der Waals surface area (Å²) in [6, 6.07) is 17.4. The molecular weight excluding hydrogens is 573 g/mol. The Bertz CT molecular complexity index is 1600. The first kappa shape index (κ1) is 29.0. The summed E-state index contributed by atoms with van der Waals surface area (Å²) in [5, 5.41) is 21.3. The van der Waals surface area contributed by atoms with E-state index in [2.05, 4.69) is 20.5 Å². The first-order valence-electron chi connectivity index (χ1n) is 13.2. The van der Waals surface area contributed by atoms with E-state index >= 15 is 0 Å². The zero-order chi connectivity index (χ0) is 29.9. The largest absolute Gasteiger partial charge is 0.573 e. The quantitative estimate of drug-likeness (QED) is 0.191. The number of anilines is 1. The maximum absolute atomic E-state index is 13.3. The van der Waals surface area contributed by atoms with E-state index < -0.39 is 24.1 Å². The van der Waals surface area contributed by atoms with Gasteiger partial charge in [0.1, 0.15) is 11.5 Å². The van der Waals surface area contributed by atoms with Crippen molar-refractivity contribution in [3.05, 3.63) is 94.6 Å². The van der Waals surface area contributed by atoms with Crippen LogP contribution in [0, 0.1) is 0 Å². The maximum atomic E-state index is 13.3. The van der Waals surface area contributed by atoms with Crippen LogP contribution in [0.15, 0.2) is 72.8 Å². The van der Waals surface area contributed by atoms with Crippen LogP contribution in [0.3, 0.4) is 0 Å². The summed E-state index contributed by atoms with van der Waals surface area (Å²) in [5.41, 5.74) is 2.51. The average Bonchev–Trinajstić information content (AvgIpc) is 3.64.